The van der Waals surface area contributed by atoms with E-state index in [1.807, 2.05) is 0 Å². The molecule has 1 heterocycles. The number of allylic oxidation sites excluding steroid dienone is 2. The van der Waals surface area contributed by atoms with E-state index in [-0.39, 0.29) is 0 Å². The van der Waals surface area contributed by atoms with Crippen LogP contribution in [-0.4, -0.2) is 10.9 Å². The number of rotatable bonds is 2. The van der Waals surface area contributed by atoms with Crippen molar-refractivity contribution < 1.29 is 0 Å². The third-order valence-electron chi connectivity index (χ3n) is 4.39. The minimum absolute atomic E-state index is 0.568. The van der Waals surface area contributed by atoms with E-state index in [1.165, 1.54) is 12.1 Å². The Morgan fingerprint density at radius 1 is 1.25 bits per heavy atom. The minimum atomic E-state index is 0.568. The molecule has 1 heteroatoms. The molecule has 16 heavy (non-hydrogen) atoms. The smallest absolute Gasteiger partial charge is 0.0279 e. The zero-order valence-electron chi connectivity index (χ0n) is 11.4. The Kier molecular flexibility index (Phi) is 2.90. The van der Waals surface area contributed by atoms with E-state index in [4.69, 9.17) is 0 Å². The lowest BCUT2D eigenvalue weighted by Gasteiger charge is -2.30. The molecular formula is C15H25N. The molecule has 1 aliphatic heterocycles. The van der Waals surface area contributed by atoms with Gasteiger partial charge in [-0.15, -0.1) is 0 Å². The first-order valence-electron chi connectivity index (χ1n) is 6.62. The van der Waals surface area contributed by atoms with Crippen molar-refractivity contribution in [3.05, 3.63) is 23.5 Å². The van der Waals surface area contributed by atoms with Crippen molar-refractivity contribution in [1.29, 1.82) is 0 Å². The molecule has 0 radical (unpaired) electrons. The van der Waals surface area contributed by atoms with Gasteiger partial charge in [0.15, 0.2) is 0 Å². The molecule has 2 atom stereocenters. The van der Waals surface area contributed by atoms with Gasteiger partial charge in [0.1, 0.15) is 0 Å². The maximum Gasteiger partial charge on any atom is 0.0279 e. The van der Waals surface area contributed by atoms with E-state index < -0.39 is 0 Å². The summed E-state index contributed by atoms with van der Waals surface area (Å²) in [5, 5.41) is 0. The van der Waals surface area contributed by atoms with Gasteiger partial charge < -0.3 is 4.90 Å². The molecule has 0 aromatic heterocycles. The topological polar surface area (TPSA) is 3.24 Å². The van der Waals surface area contributed by atoms with Gasteiger partial charge in [-0.25, -0.2) is 0 Å². The third-order valence-corrected chi connectivity index (χ3v) is 4.39. The fourth-order valence-corrected chi connectivity index (χ4v) is 3.55. The number of hydrogen-bond donors (Lipinski definition) is 0. The van der Waals surface area contributed by atoms with E-state index in [2.05, 4.69) is 46.1 Å². The lowest BCUT2D eigenvalue weighted by molar-refractivity contribution is 0.284. The van der Waals surface area contributed by atoms with E-state index in [0.717, 1.165) is 24.2 Å². The molecule has 0 saturated carbocycles. The minimum Gasteiger partial charge on any atom is -0.346 e. The van der Waals surface area contributed by atoms with Crippen LogP contribution in [0.25, 0.3) is 0 Å². The van der Waals surface area contributed by atoms with Gasteiger partial charge in [0.25, 0.3) is 0 Å². The van der Waals surface area contributed by atoms with Crippen LogP contribution >= 0.6 is 0 Å². The van der Waals surface area contributed by atoms with Crippen LogP contribution in [-0.2, 0) is 0 Å². The van der Waals surface area contributed by atoms with Crippen LogP contribution in [0.15, 0.2) is 23.5 Å². The first-order valence-corrected chi connectivity index (χ1v) is 6.62. The van der Waals surface area contributed by atoms with Gasteiger partial charge in [0.2, 0.25) is 0 Å². The Balaban J connectivity index is 2.25. The highest BCUT2D eigenvalue weighted by Gasteiger charge is 2.40. The van der Waals surface area contributed by atoms with Crippen molar-refractivity contribution in [3.63, 3.8) is 0 Å². The van der Waals surface area contributed by atoms with Crippen LogP contribution in [0.4, 0.5) is 0 Å². The standard InChI is InChI=1S/C15H25N/c1-9(2)13-8-15-14(12(13)6)7-11(5)16(15)10(3)4/h9-10,12-13H,5,7-8H2,1-4,6H3. The Bertz CT molecular complexity index is 335. The SMILES string of the molecule is C=C1CC2=C(CC(C(C)C)C2C)N1C(C)C. The van der Waals surface area contributed by atoms with E-state index in [0.29, 0.717) is 6.04 Å². The molecule has 0 saturated heterocycles. The third kappa shape index (κ3) is 1.61. The molecule has 0 aromatic rings. The number of nitrogens with zero attached hydrogens (tertiary/aromatic N) is 1. The maximum atomic E-state index is 4.23. The molecular weight excluding hydrogens is 194 g/mol. The molecule has 0 spiro atoms. The van der Waals surface area contributed by atoms with Gasteiger partial charge in [0.05, 0.1) is 0 Å². The molecule has 2 aliphatic rings. The van der Waals surface area contributed by atoms with Gasteiger partial charge >= 0.3 is 0 Å². The molecule has 1 nitrogen and oxygen atoms in total. The monoisotopic (exact) mass is 219 g/mol. The largest absolute Gasteiger partial charge is 0.346 e. The lowest BCUT2D eigenvalue weighted by atomic mass is 9.83. The summed E-state index contributed by atoms with van der Waals surface area (Å²) in [6.45, 7) is 15.9. The molecule has 0 bridgehead atoms. The second-order valence-electron chi connectivity index (χ2n) is 6.08. The van der Waals surface area contributed by atoms with Crippen molar-refractivity contribution in [2.75, 3.05) is 0 Å². The summed E-state index contributed by atoms with van der Waals surface area (Å²) in [5.41, 5.74) is 4.60. The molecule has 1 aliphatic carbocycles. The number of hydrogen-bond acceptors (Lipinski definition) is 1. The van der Waals surface area contributed by atoms with Crippen LogP contribution < -0.4 is 0 Å². The van der Waals surface area contributed by atoms with Crippen molar-refractivity contribution in [2.45, 2.75) is 53.5 Å². The van der Waals surface area contributed by atoms with Gasteiger partial charge in [-0.2, -0.15) is 0 Å². The highest BCUT2D eigenvalue weighted by Crippen LogP contribution is 2.50. The summed E-state index contributed by atoms with van der Waals surface area (Å²) in [4.78, 5) is 2.48. The van der Waals surface area contributed by atoms with Crippen molar-refractivity contribution in [2.24, 2.45) is 17.8 Å². The maximum absolute atomic E-state index is 4.23. The lowest BCUT2D eigenvalue weighted by Crippen LogP contribution is -2.27. The molecule has 0 aromatic carbocycles. The van der Waals surface area contributed by atoms with Crippen LogP contribution in [0.1, 0.15) is 47.5 Å². The molecule has 2 unspecified atom stereocenters. The quantitative estimate of drug-likeness (QED) is 0.673. The zero-order chi connectivity index (χ0) is 12.0. The fraction of sp³-hybridized carbons (Fsp3) is 0.733. The Morgan fingerprint density at radius 3 is 2.38 bits per heavy atom. The van der Waals surface area contributed by atoms with E-state index >= 15 is 0 Å². The fourth-order valence-electron chi connectivity index (χ4n) is 3.55. The predicted molar refractivity (Wildman–Crippen MR) is 69.9 cm³/mol. The Hall–Kier alpha value is -0.720. The van der Waals surface area contributed by atoms with Crippen LogP contribution in [0.2, 0.25) is 0 Å². The van der Waals surface area contributed by atoms with Gasteiger partial charge in [0, 0.05) is 23.9 Å². The molecule has 90 valence electrons. The Labute approximate surface area is 100 Å². The summed E-state index contributed by atoms with van der Waals surface area (Å²) in [6.07, 6.45) is 2.39. The molecule has 0 fully saturated rings. The molecule has 0 amide bonds. The first-order chi connectivity index (χ1) is 7.43. The number of likely N-dealkylation sites (tertiary alicyclic amines) is 1. The highest BCUT2D eigenvalue weighted by atomic mass is 15.2. The Morgan fingerprint density at radius 2 is 1.88 bits per heavy atom. The van der Waals surface area contributed by atoms with Gasteiger partial charge in [-0.3, -0.25) is 0 Å². The second kappa shape index (κ2) is 3.94. The zero-order valence-corrected chi connectivity index (χ0v) is 11.4. The summed E-state index contributed by atoms with van der Waals surface area (Å²) in [7, 11) is 0. The van der Waals surface area contributed by atoms with Crippen molar-refractivity contribution in [3.8, 4) is 0 Å². The van der Waals surface area contributed by atoms with Crippen LogP contribution in [0.5, 0.6) is 0 Å². The van der Waals surface area contributed by atoms with E-state index in [1.54, 1.807) is 11.3 Å². The van der Waals surface area contributed by atoms with Crippen LogP contribution in [0.3, 0.4) is 0 Å². The van der Waals surface area contributed by atoms with Crippen molar-refractivity contribution in [1.82, 2.24) is 4.90 Å². The average molecular weight is 219 g/mol. The normalized spacial score (nSPS) is 29.9. The predicted octanol–water partition coefficient (Wildman–Crippen LogP) is 4.18. The van der Waals surface area contributed by atoms with Crippen molar-refractivity contribution >= 4 is 0 Å². The highest BCUT2D eigenvalue weighted by molar-refractivity contribution is 5.36. The molecule has 2 rings (SSSR count). The average Bonchev–Trinajstić information content (AvgIpc) is 2.63. The second-order valence-corrected chi connectivity index (χ2v) is 6.08. The van der Waals surface area contributed by atoms with E-state index in [9.17, 15) is 0 Å². The van der Waals surface area contributed by atoms with Gasteiger partial charge in [-0.05, 0) is 43.6 Å². The van der Waals surface area contributed by atoms with Gasteiger partial charge in [-0.1, -0.05) is 27.4 Å². The van der Waals surface area contributed by atoms with Crippen LogP contribution in [0, 0.1) is 17.8 Å². The summed E-state index contributed by atoms with van der Waals surface area (Å²) >= 11 is 0. The molecule has 0 N–H and O–H groups in total. The summed E-state index contributed by atoms with van der Waals surface area (Å²) in [5.74, 6) is 2.40. The summed E-state index contributed by atoms with van der Waals surface area (Å²) in [6, 6.07) is 0.568. The first kappa shape index (κ1) is 11.8. The summed E-state index contributed by atoms with van der Waals surface area (Å²) < 4.78 is 0.